The average Bonchev–Trinajstić information content (AvgIpc) is 2.96. The van der Waals surface area contributed by atoms with Crippen LogP contribution in [0.5, 0.6) is 0 Å². The molecule has 0 aliphatic rings. The van der Waals surface area contributed by atoms with Gasteiger partial charge >= 0.3 is 0 Å². The van der Waals surface area contributed by atoms with Crippen LogP contribution in [-0.2, 0) is 19.6 Å². The first-order valence-electron chi connectivity index (χ1n) is 6.30. The third kappa shape index (κ3) is 2.95. The van der Waals surface area contributed by atoms with Crippen molar-refractivity contribution in [3.05, 3.63) is 30.4 Å². The minimum absolute atomic E-state index is 0.453. The maximum atomic E-state index is 4.37. The normalized spacial score (nSPS) is 11.3. The number of imidazole rings is 1. The zero-order chi connectivity index (χ0) is 13.0. The van der Waals surface area contributed by atoms with Gasteiger partial charge in [0.1, 0.15) is 18.0 Å². The number of hydrogen-bond donors (Lipinski definition) is 1. The Morgan fingerprint density at radius 1 is 1.28 bits per heavy atom. The van der Waals surface area contributed by atoms with Gasteiger partial charge in [-0.05, 0) is 6.92 Å². The van der Waals surface area contributed by atoms with Gasteiger partial charge in [0.25, 0.3) is 0 Å². The maximum absolute atomic E-state index is 4.37. The smallest absolute Gasteiger partial charge is 0.146 e. The molecule has 0 amide bonds. The lowest BCUT2D eigenvalue weighted by atomic mass is 10.4. The molecule has 0 spiro atoms. The topological polar surface area (TPSA) is 60.6 Å². The summed E-state index contributed by atoms with van der Waals surface area (Å²) >= 11 is 0. The van der Waals surface area contributed by atoms with E-state index in [0.29, 0.717) is 12.6 Å². The monoisotopic (exact) mass is 248 g/mol. The number of hydrogen-bond acceptors (Lipinski definition) is 4. The molecule has 2 rings (SSSR count). The molecule has 2 aromatic heterocycles. The zero-order valence-corrected chi connectivity index (χ0v) is 11.2. The molecule has 0 aliphatic carbocycles. The SMILES string of the molecule is CCn1ncnc1Cn1ccnc1CNC(C)C. The summed E-state index contributed by atoms with van der Waals surface area (Å²) < 4.78 is 4.01. The molecule has 1 N–H and O–H groups in total. The van der Waals surface area contributed by atoms with Crippen molar-refractivity contribution in [3.63, 3.8) is 0 Å². The van der Waals surface area contributed by atoms with E-state index < -0.39 is 0 Å². The fourth-order valence-electron chi connectivity index (χ4n) is 1.77. The second-order valence-corrected chi connectivity index (χ2v) is 4.50. The largest absolute Gasteiger partial charge is 0.326 e. The predicted octanol–water partition coefficient (Wildman–Crippen LogP) is 1.04. The van der Waals surface area contributed by atoms with Crippen LogP contribution in [0.2, 0.25) is 0 Å². The van der Waals surface area contributed by atoms with E-state index in [1.165, 1.54) is 0 Å². The average molecular weight is 248 g/mol. The highest BCUT2D eigenvalue weighted by Crippen LogP contribution is 2.03. The van der Waals surface area contributed by atoms with Crippen LogP contribution in [-0.4, -0.2) is 30.4 Å². The highest BCUT2D eigenvalue weighted by molar-refractivity contribution is 4.97. The van der Waals surface area contributed by atoms with Crippen LogP contribution in [0.15, 0.2) is 18.7 Å². The Kier molecular flexibility index (Phi) is 4.09. The van der Waals surface area contributed by atoms with E-state index in [2.05, 4.69) is 45.7 Å². The van der Waals surface area contributed by atoms with E-state index in [1.54, 1.807) is 6.33 Å². The van der Waals surface area contributed by atoms with Gasteiger partial charge in [0.2, 0.25) is 0 Å². The number of aromatic nitrogens is 5. The lowest BCUT2D eigenvalue weighted by Gasteiger charge is -2.10. The van der Waals surface area contributed by atoms with Gasteiger partial charge in [-0.2, -0.15) is 5.10 Å². The summed E-state index contributed by atoms with van der Waals surface area (Å²) in [4.78, 5) is 8.65. The van der Waals surface area contributed by atoms with Gasteiger partial charge < -0.3 is 9.88 Å². The molecule has 6 nitrogen and oxygen atoms in total. The molecule has 0 bridgehead atoms. The third-order valence-corrected chi connectivity index (χ3v) is 2.78. The van der Waals surface area contributed by atoms with Crippen LogP contribution in [0.3, 0.4) is 0 Å². The van der Waals surface area contributed by atoms with Crippen LogP contribution in [0.25, 0.3) is 0 Å². The zero-order valence-electron chi connectivity index (χ0n) is 11.2. The molecule has 0 aromatic carbocycles. The quantitative estimate of drug-likeness (QED) is 0.830. The number of rotatable bonds is 6. The van der Waals surface area contributed by atoms with Crippen molar-refractivity contribution in [1.29, 1.82) is 0 Å². The molecule has 6 heteroatoms. The fourth-order valence-corrected chi connectivity index (χ4v) is 1.77. The molecular formula is C12H20N6. The first-order chi connectivity index (χ1) is 8.70. The molecule has 0 saturated carbocycles. The van der Waals surface area contributed by atoms with Crippen molar-refractivity contribution in [2.75, 3.05) is 0 Å². The van der Waals surface area contributed by atoms with Crippen molar-refractivity contribution in [2.24, 2.45) is 0 Å². The van der Waals surface area contributed by atoms with E-state index in [9.17, 15) is 0 Å². The van der Waals surface area contributed by atoms with Gasteiger partial charge in [0.05, 0.1) is 13.1 Å². The third-order valence-electron chi connectivity index (χ3n) is 2.78. The van der Waals surface area contributed by atoms with Gasteiger partial charge in [-0.25, -0.2) is 14.6 Å². The van der Waals surface area contributed by atoms with Gasteiger partial charge in [-0.1, -0.05) is 13.8 Å². The summed E-state index contributed by atoms with van der Waals surface area (Å²) in [7, 11) is 0. The Morgan fingerprint density at radius 2 is 2.11 bits per heavy atom. The minimum Gasteiger partial charge on any atom is -0.326 e. The molecule has 18 heavy (non-hydrogen) atoms. The molecule has 0 unspecified atom stereocenters. The number of nitrogens with zero attached hydrogens (tertiary/aromatic N) is 5. The summed E-state index contributed by atoms with van der Waals surface area (Å²) in [5, 5.41) is 7.55. The molecule has 0 atom stereocenters. The van der Waals surface area contributed by atoms with Crippen LogP contribution in [0.4, 0.5) is 0 Å². The second-order valence-electron chi connectivity index (χ2n) is 4.50. The first-order valence-corrected chi connectivity index (χ1v) is 6.30. The highest BCUT2D eigenvalue weighted by atomic mass is 15.3. The predicted molar refractivity (Wildman–Crippen MR) is 69.0 cm³/mol. The lowest BCUT2D eigenvalue weighted by Crippen LogP contribution is -2.24. The molecule has 0 fully saturated rings. The summed E-state index contributed by atoms with van der Waals surface area (Å²) in [5.74, 6) is 1.98. The molecular weight excluding hydrogens is 228 g/mol. The highest BCUT2D eigenvalue weighted by Gasteiger charge is 2.08. The van der Waals surface area contributed by atoms with Crippen molar-refractivity contribution >= 4 is 0 Å². The molecule has 0 radical (unpaired) electrons. The summed E-state index contributed by atoms with van der Waals surface area (Å²) in [5.41, 5.74) is 0. The van der Waals surface area contributed by atoms with E-state index >= 15 is 0 Å². The first kappa shape index (κ1) is 12.8. The van der Waals surface area contributed by atoms with Gasteiger partial charge in [-0.3, -0.25) is 0 Å². The molecule has 2 heterocycles. The van der Waals surface area contributed by atoms with Crippen molar-refractivity contribution in [2.45, 2.75) is 46.4 Å². The fraction of sp³-hybridized carbons (Fsp3) is 0.583. The Balaban J connectivity index is 2.07. The Bertz CT molecular complexity index is 484. The number of aryl methyl sites for hydroxylation is 1. The molecule has 2 aromatic rings. The standard InChI is InChI=1S/C12H20N6/c1-4-18-12(15-9-16-18)8-17-6-5-13-11(17)7-14-10(2)3/h5-6,9-10,14H,4,7-8H2,1-3H3. The molecule has 0 saturated heterocycles. The van der Waals surface area contributed by atoms with E-state index in [-0.39, 0.29) is 0 Å². The maximum Gasteiger partial charge on any atom is 0.146 e. The number of nitrogens with one attached hydrogen (secondary N) is 1. The Labute approximate surface area is 107 Å². The van der Waals surface area contributed by atoms with E-state index in [1.807, 2.05) is 17.1 Å². The van der Waals surface area contributed by atoms with Crippen LogP contribution < -0.4 is 5.32 Å². The van der Waals surface area contributed by atoms with Crippen molar-refractivity contribution < 1.29 is 0 Å². The van der Waals surface area contributed by atoms with Crippen LogP contribution in [0.1, 0.15) is 32.4 Å². The Hall–Kier alpha value is -1.69. The van der Waals surface area contributed by atoms with Crippen LogP contribution in [0, 0.1) is 0 Å². The van der Waals surface area contributed by atoms with E-state index in [4.69, 9.17) is 0 Å². The Morgan fingerprint density at radius 3 is 2.83 bits per heavy atom. The molecule has 0 aliphatic heterocycles. The van der Waals surface area contributed by atoms with Crippen LogP contribution >= 0.6 is 0 Å². The van der Waals surface area contributed by atoms with E-state index in [0.717, 1.165) is 24.7 Å². The summed E-state index contributed by atoms with van der Waals surface area (Å²) in [6, 6.07) is 0.453. The van der Waals surface area contributed by atoms with Crippen molar-refractivity contribution in [1.82, 2.24) is 29.6 Å². The summed E-state index contributed by atoms with van der Waals surface area (Å²) in [6.07, 6.45) is 5.40. The van der Waals surface area contributed by atoms with Gasteiger partial charge in [0, 0.05) is 25.0 Å². The summed E-state index contributed by atoms with van der Waals surface area (Å²) in [6.45, 7) is 8.63. The lowest BCUT2D eigenvalue weighted by molar-refractivity contribution is 0.539. The van der Waals surface area contributed by atoms with Crippen molar-refractivity contribution in [3.8, 4) is 0 Å². The van der Waals surface area contributed by atoms with Gasteiger partial charge in [0.15, 0.2) is 0 Å². The van der Waals surface area contributed by atoms with Gasteiger partial charge in [-0.15, -0.1) is 0 Å². The minimum atomic E-state index is 0.453. The second kappa shape index (κ2) is 5.77. The molecule has 98 valence electrons.